The van der Waals surface area contributed by atoms with Crippen molar-refractivity contribution in [1.82, 2.24) is 15.0 Å². The minimum atomic E-state index is -3.58. The third kappa shape index (κ3) is 5.85. The Labute approximate surface area is 184 Å². The maximum Gasteiger partial charge on any atom is 0.179 e. The molecule has 1 heterocycles. The van der Waals surface area contributed by atoms with Crippen molar-refractivity contribution < 1.29 is 13.2 Å². The summed E-state index contributed by atoms with van der Waals surface area (Å²) >= 11 is 0. The number of para-hydroxylation sites is 1. The van der Waals surface area contributed by atoms with Crippen molar-refractivity contribution in [3.05, 3.63) is 54.9 Å². The Morgan fingerprint density at radius 1 is 1.03 bits per heavy atom. The van der Waals surface area contributed by atoms with E-state index < -0.39 is 9.84 Å². The van der Waals surface area contributed by atoms with Crippen LogP contribution in [-0.2, 0) is 9.84 Å². The first kappa shape index (κ1) is 22.8. The van der Waals surface area contributed by atoms with Gasteiger partial charge < -0.3 is 9.64 Å². The predicted molar refractivity (Wildman–Crippen MR) is 123 cm³/mol. The minimum Gasteiger partial charge on any atom is -0.454 e. The van der Waals surface area contributed by atoms with E-state index in [0.717, 1.165) is 44.5 Å². The zero-order chi connectivity index (χ0) is 22.3. The molecule has 1 aromatic heterocycles. The standard InChI is InChI=1S/C23H30N4O3S/c1-4-6-14-26(15-7-5-2)21-17-19(27-16-13-24-25-27)18-22(31(3,28)29)23(21)30-20-11-9-8-10-12-20/h8-13,16-18H,4-7,14-15H2,1-3H3. The Bertz CT molecular complexity index is 1060. The minimum absolute atomic E-state index is 0.136. The van der Waals surface area contributed by atoms with E-state index in [4.69, 9.17) is 4.74 Å². The second-order valence-corrected chi connectivity index (χ2v) is 9.51. The molecule has 0 radical (unpaired) electrons. The molecule has 166 valence electrons. The van der Waals surface area contributed by atoms with Crippen LogP contribution in [0.2, 0.25) is 0 Å². The van der Waals surface area contributed by atoms with Crippen molar-refractivity contribution in [2.24, 2.45) is 0 Å². The molecule has 2 aromatic carbocycles. The van der Waals surface area contributed by atoms with Gasteiger partial charge in [0.05, 0.1) is 23.8 Å². The number of rotatable bonds is 11. The first-order chi connectivity index (χ1) is 14.9. The second kappa shape index (κ2) is 10.4. The summed E-state index contributed by atoms with van der Waals surface area (Å²) in [4.78, 5) is 2.36. The molecule has 31 heavy (non-hydrogen) atoms. The first-order valence-corrected chi connectivity index (χ1v) is 12.6. The topological polar surface area (TPSA) is 77.3 Å². The normalized spacial score (nSPS) is 11.5. The van der Waals surface area contributed by atoms with Gasteiger partial charge in [0.15, 0.2) is 15.6 Å². The van der Waals surface area contributed by atoms with Gasteiger partial charge in [0.2, 0.25) is 0 Å². The van der Waals surface area contributed by atoms with Crippen LogP contribution < -0.4 is 9.64 Å². The number of unbranched alkanes of at least 4 members (excludes halogenated alkanes) is 2. The van der Waals surface area contributed by atoms with Crippen molar-refractivity contribution >= 4 is 15.5 Å². The molecule has 0 atom stereocenters. The highest BCUT2D eigenvalue weighted by Crippen LogP contribution is 2.40. The average Bonchev–Trinajstić information content (AvgIpc) is 3.29. The van der Waals surface area contributed by atoms with Crippen molar-refractivity contribution in [3.63, 3.8) is 0 Å². The molecule has 8 heteroatoms. The van der Waals surface area contributed by atoms with Crippen LogP contribution in [0.1, 0.15) is 39.5 Å². The number of benzene rings is 2. The molecule has 0 saturated heterocycles. The number of nitrogens with zero attached hydrogens (tertiary/aromatic N) is 4. The van der Waals surface area contributed by atoms with E-state index in [9.17, 15) is 8.42 Å². The Kier molecular flexibility index (Phi) is 7.68. The second-order valence-electron chi connectivity index (χ2n) is 7.52. The molecule has 0 aliphatic rings. The molecule has 0 aliphatic carbocycles. The van der Waals surface area contributed by atoms with E-state index in [-0.39, 0.29) is 4.90 Å². The van der Waals surface area contributed by atoms with Gasteiger partial charge in [0.25, 0.3) is 0 Å². The highest BCUT2D eigenvalue weighted by Gasteiger charge is 2.24. The van der Waals surface area contributed by atoms with Crippen molar-refractivity contribution in [2.45, 2.75) is 44.4 Å². The maximum atomic E-state index is 12.8. The van der Waals surface area contributed by atoms with E-state index in [2.05, 4.69) is 29.1 Å². The molecule has 7 nitrogen and oxygen atoms in total. The highest BCUT2D eigenvalue weighted by atomic mass is 32.2. The molecule has 0 amide bonds. The lowest BCUT2D eigenvalue weighted by atomic mass is 10.2. The SMILES string of the molecule is CCCCN(CCCC)c1cc(-n2ccnn2)cc(S(C)(=O)=O)c1Oc1ccccc1. The van der Waals surface area contributed by atoms with Crippen molar-refractivity contribution in [3.8, 4) is 17.2 Å². The van der Waals surface area contributed by atoms with E-state index in [1.54, 1.807) is 23.1 Å². The van der Waals surface area contributed by atoms with Crippen LogP contribution >= 0.6 is 0 Å². The molecule has 3 aromatic rings. The van der Waals surface area contributed by atoms with Gasteiger partial charge in [-0.15, -0.1) is 5.10 Å². The van der Waals surface area contributed by atoms with Gasteiger partial charge in [-0.1, -0.05) is 50.1 Å². The Hall–Kier alpha value is -2.87. The summed E-state index contributed by atoms with van der Waals surface area (Å²) in [7, 11) is -3.58. The van der Waals surface area contributed by atoms with Crippen LogP contribution in [0.15, 0.2) is 59.8 Å². The molecule has 0 fully saturated rings. The zero-order valence-electron chi connectivity index (χ0n) is 18.4. The van der Waals surface area contributed by atoms with Crippen LogP contribution in [0.3, 0.4) is 0 Å². The summed E-state index contributed by atoms with van der Waals surface area (Å²) < 4.78 is 33.4. The number of hydrogen-bond acceptors (Lipinski definition) is 6. The summed E-state index contributed by atoms with van der Waals surface area (Å²) in [6.45, 7) is 5.91. The van der Waals surface area contributed by atoms with Crippen LogP contribution in [0.5, 0.6) is 11.5 Å². The quantitative estimate of drug-likeness (QED) is 0.422. The fraction of sp³-hybridized carbons (Fsp3) is 0.391. The van der Waals surface area contributed by atoms with Crippen molar-refractivity contribution in [2.75, 3.05) is 24.2 Å². The molecular formula is C23H30N4O3S. The average molecular weight is 443 g/mol. The van der Waals surface area contributed by atoms with E-state index in [1.165, 1.54) is 6.26 Å². The number of aromatic nitrogens is 3. The van der Waals surface area contributed by atoms with Gasteiger partial charge in [-0.25, -0.2) is 13.1 Å². The highest BCUT2D eigenvalue weighted by molar-refractivity contribution is 7.90. The number of ether oxygens (including phenoxy) is 1. The molecule has 3 rings (SSSR count). The Morgan fingerprint density at radius 2 is 1.71 bits per heavy atom. The Balaban J connectivity index is 2.22. The van der Waals surface area contributed by atoms with Gasteiger partial charge in [-0.05, 0) is 37.1 Å². The lowest BCUT2D eigenvalue weighted by Crippen LogP contribution is -2.26. The van der Waals surface area contributed by atoms with Gasteiger partial charge in [0.1, 0.15) is 10.6 Å². The molecule has 0 unspecified atom stereocenters. The Morgan fingerprint density at radius 3 is 2.26 bits per heavy atom. The van der Waals surface area contributed by atoms with Crippen LogP contribution in [0.4, 0.5) is 5.69 Å². The van der Waals surface area contributed by atoms with Gasteiger partial charge in [0, 0.05) is 19.3 Å². The zero-order valence-corrected chi connectivity index (χ0v) is 19.2. The van der Waals surface area contributed by atoms with E-state index in [1.807, 2.05) is 36.4 Å². The molecule has 0 saturated carbocycles. The third-order valence-electron chi connectivity index (χ3n) is 4.97. The summed E-state index contributed by atoms with van der Waals surface area (Å²) in [5.74, 6) is 0.942. The maximum absolute atomic E-state index is 12.8. The summed E-state index contributed by atoms with van der Waals surface area (Å²) in [6, 6.07) is 12.8. The predicted octanol–water partition coefficient (Wildman–Crippen LogP) is 4.87. The third-order valence-corrected chi connectivity index (χ3v) is 6.08. The fourth-order valence-electron chi connectivity index (χ4n) is 3.32. The van der Waals surface area contributed by atoms with E-state index in [0.29, 0.717) is 17.2 Å². The van der Waals surface area contributed by atoms with Gasteiger partial charge in [-0.2, -0.15) is 0 Å². The van der Waals surface area contributed by atoms with E-state index >= 15 is 0 Å². The molecule has 0 N–H and O–H groups in total. The molecular weight excluding hydrogens is 412 g/mol. The summed E-state index contributed by atoms with van der Waals surface area (Å²) in [6.07, 6.45) is 8.55. The van der Waals surface area contributed by atoms with Gasteiger partial charge >= 0.3 is 0 Å². The molecule has 0 spiro atoms. The molecule has 0 bridgehead atoms. The van der Waals surface area contributed by atoms with Crippen LogP contribution in [0, 0.1) is 0 Å². The van der Waals surface area contributed by atoms with Crippen LogP contribution in [-0.4, -0.2) is 42.8 Å². The monoisotopic (exact) mass is 442 g/mol. The molecule has 0 aliphatic heterocycles. The number of anilines is 1. The van der Waals surface area contributed by atoms with Crippen LogP contribution in [0.25, 0.3) is 5.69 Å². The number of hydrogen-bond donors (Lipinski definition) is 0. The first-order valence-electron chi connectivity index (χ1n) is 10.7. The van der Waals surface area contributed by atoms with Crippen molar-refractivity contribution in [1.29, 1.82) is 0 Å². The lowest BCUT2D eigenvalue weighted by Gasteiger charge is -2.28. The largest absolute Gasteiger partial charge is 0.454 e. The lowest BCUT2D eigenvalue weighted by molar-refractivity contribution is 0.465. The van der Waals surface area contributed by atoms with Gasteiger partial charge in [-0.3, -0.25) is 0 Å². The smallest absolute Gasteiger partial charge is 0.179 e. The summed E-state index contributed by atoms with van der Waals surface area (Å²) in [5, 5.41) is 7.93. The fourth-order valence-corrected chi connectivity index (χ4v) is 4.14. The number of sulfone groups is 1. The summed E-state index contributed by atoms with van der Waals surface area (Å²) in [5.41, 5.74) is 1.38.